The van der Waals surface area contributed by atoms with Crippen LogP contribution < -0.4 is 5.73 Å². The molecule has 1 rings (SSSR count). The van der Waals surface area contributed by atoms with Gasteiger partial charge in [0.2, 0.25) is 0 Å². The first-order valence-corrected chi connectivity index (χ1v) is 4.81. The Hall–Kier alpha value is -1.18. The number of nitrogens with two attached hydrogens (primary N) is 1. The molecule has 0 spiro atoms. The third kappa shape index (κ3) is 2.19. The molecule has 0 amide bonds. The Bertz CT molecular complexity index is 409. The molecule has 0 radical (unpaired) electrons. The molecule has 0 fully saturated rings. The molecule has 1 aromatic carbocycles. The molecular weight excluding hydrogens is 244 g/mol. The van der Waals surface area contributed by atoms with Crippen LogP contribution in [0.3, 0.4) is 0 Å². The summed E-state index contributed by atoms with van der Waals surface area (Å²) < 4.78 is 0.661. The van der Waals surface area contributed by atoms with Crippen LogP contribution in [0.25, 0.3) is 0 Å². The summed E-state index contributed by atoms with van der Waals surface area (Å²) in [7, 11) is 0. The highest BCUT2D eigenvalue weighted by atomic mass is 79.9. The lowest BCUT2D eigenvalue weighted by molar-refractivity contribution is -0.118. The normalized spacial score (nSPS) is 11.9. The zero-order valence-electron chi connectivity index (χ0n) is 7.62. The van der Waals surface area contributed by atoms with Gasteiger partial charge >= 0.3 is 0 Å². The molecular formula is C10H9BrN2O. The summed E-state index contributed by atoms with van der Waals surface area (Å²) in [5, 5.41) is 8.68. The van der Waals surface area contributed by atoms with Crippen molar-refractivity contribution in [2.24, 2.45) is 5.73 Å². The number of carbonyl (C=O) groups is 1. The van der Waals surface area contributed by atoms with Gasteiger partial charge < -0.3 is 5.73 Å². The number of nitrogens with zero attached hydrogens (tertiary/aromatic N) is 1. The van der Waals surface area contributed by atoms with Crippen molar-refractivity contribution in [2.45, 2.75) is 13.0 Å². The highest BCUT2D eigenvalue weighted by Crippen LogP contribution is 2.21. The summed E-state index contributed by atoms with van der Waals surface area (Å²) in [6, 6.07) is 6.44. The fourth-order valence-electron chi connectivity index (χ4n) is 1.05. The predicted molar refractivity (Wildman–Crippen MR) is 56.5 cm³/mol. The summed E-state index contributed by atoms with van der Waals surface area (Å²) in [4.78, 5) is 11.0. The van der Waals surface area contributed by atoms with E-state index in [1.165, 1.54) is 6.92 Å². The van der Waals surface area contributed by atoms with Crippen molar-refractivity contribution in [1.29, 1.82) is 5.26 Å². The first-order chi connectivity index (χ1) is 6.56. The van der Waals surface area contributed by atoms with Gasteiger partial charge in [-0.1, -0.05) is 6.07 Å². The van der Waals surface area contributed by atoms with Crippen molar-refractivity contribution in [1.82, 2.24) is 0 Å². The van der Waals surface area contributed by atoms with E-state index in [4.69, 9.17) is 11.0 Å². The van der Waals surface area contributed by atoms with E-state index in [0.29, 0.717) is 15.6 Å². The molecule has 72 valence electrons. The monoisotopic (exact) mass is 252 g/mol. The van der Waals surface area contributed by atoms with Crippen molar-refractivity contribution < 1.29 is 4.79 Å². The predicted octanol–water partition coefficient (Wildman–Crippen LogP) is 1.91. The molecule has 14 heavy (non-hydrogen) atoms. The molecule has 0 aliphatic carbocycles. The quantitative estimate of drug-likeness (QED) is 0.875. The van der Waals surface area contributed by atoms with Gasteiger partial charge in [0.25, 0.3) is 0 Å². The highest BCUT2D eigenvalue weighted by Gasteiger charge is 2.12. The summed E-state index contributed by atoms with van der Waals surface area (Å²) in [6.07, 6.45) is 0. The van der Waals surface area contributed by atoms with Crippen LogP contribution in [0.4, 0.5) is 0 Å². The molecule has 2 N–H and O–H groups in total. The minimum absolute atomic E-state index is 0.0957. The van der Waals surface area contributed by atoms with E-state index in [1.807, 2.05) is 6.07 Å². The molecule has 3 nitrogen and oxygen atoms in total. The van der Waals surface area contributed by atoms with E-state index >= 15 is 0 Å². The van der Waals surface area contributed by atoms with Gasteiger partial charge in [-0.15, -0.1) is 0 Å². The number of hydrogen-bond acceptors (Lipinski definition) is 3. The Labute approximate surface area is 90.7 Å². The maximum Gasteiger partial charge on any atom is 0.150 e. The Kier molecular flexibility index (Phi) is 3.39. The van der Waals surface area contributed by atoms with E-state index in [2.05, 4.69) is 15.9 Å². The number of benzene rings is 1. The van der Waals surface area contributed by atoms with Crippen molar-refractivity contribution in [3.63, 3.8) is 0 Å². The second kappa shape index (κ2) is 4.36. The summed E-state index contributed by atoms with van der Waals surface area (Å²) in [5.41, 5.74) is 6.89. The second-order valence-corrected chi connectivity index (χ2v) is 3.79. The maximum atomic E-state index is 11.0. The Morgan fingerprint density at radius 1 is 1.64 bits per heavy atom. The standard InChI is InChI=1S/C10H9BrN2O/c1-6(14)10(13)7-2-3-8(5-12)9(11)4-7/h2-4,10H,13H2,1H3. The number of rotatable bonds is 2. The van der Waals surface area contributed by atoms with E-state index in [1.54, 1.807) is 18.2 Å². The summed E-state index contributed by atoms with van der Waals surface area (Å²) in [6.45, 7) is 1.44. The van der Waals surface area contributed by atoms with Crippen molar-refractivity contribution in [2.75, 3.05) is 0 Å². The van der Waals surface area contributed by atoms with Crippen molar-refractivity contribution in [3.05, 3.63) is 33.8 Å². The molecule has 1 atom stereocenters. The SMILES string of the molecule is CC(=O)C(N)c1ccc(C#N)c(Br)c1. The number of carbonyl (C=O) groups excluding carboxylic acids is 1. The van der Waals surface area contributed by atoms with Crippen LogP contribution in [0.15, 0.2) is 22.7 Å². The molecule has 4 heteroatoms. The molecule has 1 unspecified atom stereocenters. The molecule has 0 aliphatic heterocycles. The fraction of sp³-hybridized carbons (Fsp3) is 0.200. The fourth-order valence-corrected chi connectivity index (χ4v) is 1.54. The number of ketones is 1. The van der Waals surface area contributed by atoms with E-state index < -0.39 is 6.04 Å². The number of hydrogen-bond donors (Lipinski definition) is 1. The van der Waals surface area contributed by atoms with Gasteiger partial charge in [-0.25, -0.2) is 0 Å². The first-order valence-electron chi connectivity index (χ1n) is 4.02. The molecule has 0 aliphatic rings. The van der Waals surface area contributed by atoms with Gasteiger partial charge in [0.15, 0.2) is 5.78 Å². The third-order valence-corrected chi connectivity index (χ3v) is 2.57. The van der Waals surface area contributed by atoms with Gasteiger partial charge in [-0.3, -0.25) is 4.79 Å². The molecule has 1 aromatic rings. The van der Waals surface area contributed by atoms with Crippen LogP contribution in [0.5, 0.6) is 0 Å². The lowest BCUT2D eigenvalue weighted by Gasteiger charge is -2.08. The zero-order valence-corrected chi connectivity index (χ0v) is 9.21. The lowest BCUT2D eigenvalue weighted by Crippen LogP contribution is -2.18. The van der Waals surface area contributed by atoms with Gasteiger partial charge in [0, 0.05) is 4.47 Å². The largest absolute Gasteiger partial charge is 0.318 e. The Morgan fingerprint density at radius 3 is 2.71 bits per heavy atom. The maximum absolute atomic E-state index is 11.0. The molecule has 0 saturated carbocycles. The van der Waals surface area contributed by atoms with Crippen LogP contribution in [0, 0.1) is 11.3 Å². The second-order valence-electron chi connectivity index (χ2n) is 2.94. The summed E-state index contributed by atoms with van der Waals surface area (Å²) in [5.74, 6) is -0.0957. The molecule has 0 saturated heterocycles. The van der Waals surface area contributed by atoms with Gasteiger partial charge in [0.05, 0.1) is 11.6 Å². The topological polar surface area (TPSA) is 66.9 Å². The van der Waals surface area contributed by atoms with Crippen molar-refractivity contribution in [3.8, 4) is 6.07 Å². The van der Waals surface area contributed by atoms with E-state index in [0.717, 1.165) is 0 Å². The Balaban J connectivity index is 3.10. The van der Waals surface area contributed by atoms with Gasteiger partial charge in [-0.05, 0) is 40.5 Å². The van der Waals surface area contributed by atoms with Gasteiger partial charge in [0.1, 0.15) is 6.07 Å². The molecule has 0 bridgehead atoms. The minimum atomic E-state index is -0.612. The molecule has 0 aromatic heterocycles. The minimum Gasteiger partial charge on any atom is -0.318 e. The zero-order chi connectivity index (χ0) is 10.7. The smallest absolute Gasteiger partial charge is 0.150 e. The average molecular weight is 253 g/mol. The Morgan fingerprint density at radius 2 is 2.29 bits per heavy atom. The number of halogens is 1. The van der Waals surface area contributed by atoms with Crippen LogP contribution in [0.2, 0.25) is 0 Å². The average Bonchev–Trinajstić information content (AvgIpc) is 2.16. The number of Topliss-reactive ketones (excluding diaryl/α,β-unsaturated/α-hetero) is 1. The van der Waals surface area contributed by atoms with Crippen LogP contribution in [-0.2, 0) is 4.79 Å². The van der Waals surface area contributed by atoms with Crippen LogP contribution >= 0.6 is 15.9 Å². The molecule has 0 heterocycles. The first kappa shape index (κ1) is 10.9. The third-order valence-electron chi connectivity index (χ3n) is 1.91. The van der Waals surface area contributed by atoms with Crippen molar-refractivity contribution >= 4 is 21.7 Å². The van der Waals surface area contributed by atoms with Crippen LogP contribution in [0.1, 0.15) is 24.1 Å². The van der Waals surface area contributed by atoms with E-state index in [9.17, 15) is 4.79 Å². The summed E-state index contributed by atoms with van der Waals surface area (Å²) >= 11 is 3.24. The van der Waals surface area contributed by atoms with E-state index in [-0.39, 0.29) is 5.78 Å². The lowest BCUT2D eigenvalue weighted by atomic mass is 10.0. The van der Waals surface area contributed by atoms with Gasteiger partial charge in [-0.2, -0.15) is 5.26 Å². The highest BCUT2D eigenvalue weighted by molar-refractivity contribution is 9.10. The van der Waals surface area contributed by atoms with Crippen LogP contribution in [-0.4, -0.2) is 5.78 Å². The number of nitriles is 1.